The van der Waals surface area contributed by atoms with Crippen LogP contribution in [0.5, 0.6) is 0 Å². The van der Waals surface area contributed by atoms with Crippen LogP contribution in [0, 0.1) is 11.7 Å². The third-order valence-corrected chi connectivity index (χ3v) is 8.41. The number of benzene rings is 2. The smallest absolute Gasteiger partial charge is 0.410 e. The van der Waals surface area contributed by atoms with E-state index in [1.807, 2.05) is 13.8 Å². The number of carboxylic acids is 1. The zero-order chi connectivity index (χ0) is 34.7. The van der Waals surface area contributed by atoms with Gasteiger partial charge in [-0.2, -0.15) is 0 Å². The molecule has 2 atom stereocenters. The molecule has 1 aliphatic rings. The van der Waals surface area contributed by atoms with Gasteiger partial charge in [-0.05, 0) is 49.6 Å². The fourth-order valence-corrected chi connectivity index (χ4v) is 5.31. The van der Waals surface area contributed by atoms with Gasteiger partial charge in [0, 0.05) is 50.0 Å². The van der Waals surface area contributed by atoms with Crippen molar-refractivity contribution in [1.82, 2.24) is 19.7 Å². The minimum absolute atomic E-state index is 0.00450. The highest BCUT2D eigenvalue weighted by atomic mass is 19.1. The van der Waals surface area contributed by atoms with Gasteiger partial charge >= 0.3 is 12.1 Å². The molecule has 3 heterocycles. The van der Waals surface area contributed by atoms with Crippen LogP contribution in [0.1, 0.15) is 67.4 Å². The van der Waals surface area contributed by atoms with Crippen molar-refractivity contribution in [1.29, 1.82) is 0 Å². The van der Waals surface area contributed by atoms with Crippen molar-refractivity contribution >= 4 is 40.2 Å². The first-order chi connectivity index (χ1) is 22.9. The molecule has 1 fully saturated rings. The van der Waals surface area contributed by atoms with E-state index < -0.39 is 40.8 Å². The van der Waals surface area contributed by atoms with E-state index in [0.29, 0.717) is 36.4 Å². The number of nitrogens with two attached hydrogens (primary N) is 1. The Bertz CT molecular complexity index is 1880. The number of anilines is 2. The number of carbonyl (C=O) groups is 3. The van der Waals surface area contributed by atoms with Gasteiger partial charge in [0.15, 0.2) is 0 Å². The summed E-state index contributed by atoms with van der Waals surface area (Å²) in [6, 6.07) is 9.06. The molecular weight excluding hydrogens is 625 g/mol. The Labute approximate surface area is 275 Å². The lowest BCUT2D eigenvalue weighted by Crippen LogP contribution is -2.49. The van der Waals surface area contributed by atoms with Gasteiger partial charge in [-0.15, -0.1) is 10.2 Å². The number of amides is 2. The number of halogens is 1. The molecule has 0 radical (unpaired) electrons. The molecule has 15 heteroatoms. The number of fused-ring (bicyclic) bond motifs is 1. The molecule has 254 valence electrons. The van der Waals surface area contributed by atoms with Gasteiger partial charge in [-0.3, -0.25) is 9.59 Å². The number of hydrogen-bond donors (Lipinski definition) is 3. The molecule has 4 N–H and O–H groups in total. The second-order valence-corrected chi connectivity index (χ2v) is 12.0. The van der Waals surface area contributed by atoms with E-state index in [0.717, 1.165) is 6.07 Å². The maximum absolute atomic E-state index is 15.2. The van der Waals surface area contributed by atoms with Crippen LogP contribution in [0.4, 0.5) is 20.6 Å². The van der Waals surface area contributed by atoms with Crippen molar-refractivity contribution in [3.8, 4) is 0 Å². The molecule has 2 aromatic heterocycles. The highest BCUT2D eigenvalue weighted by Crippen LogP contribution is 2.27. The quantitative estimate of drug-likeness (QED) is 0.222. The Morgan fingerprint density at radius 1 is 1.06 bits per heavy atom. The number of nitrogens with one attached hydrogen (secondary N) is 1. The molecule has 2 aromatic carbocycles. The molecule has 2 amide bonds. The summed E-state index contributed by atoms with van der Waals surface area (Å²) in [5.74, 6) is -2.50. The number of pyridine rings is 1. The Balaban J connectivity index is 1.13. The number of nitrogens with zero attached hydrogens (tertiary/aromatic N) is 5. The van der Waals surface area contributed by atoms with E-state index in [4.69, 9.17) is 14.9 Å². The summed E-state index contributed by atoms with van der Waals surface area (Å²) in [6.45, 7) is 8.93. The zero-order valence-electron chi connectivity index (χ0n) is 27.1. The monoisotopic (exact) mass is 663 g/mol. The summed E-state index contributed by atoms with van der Waals surface area (Å²) >= 11 is 0. The van der Waals surface area contributed by atoms with Gasteiger partial charge in [0.05, 0.1) is 17.2 Å². The van der Waals surface area contributed by atoms with Gasteiger partial charge in [-0.25, -0.2) is 14.0 Å². The number of aryl methyl sites for hydroxylation is 1. The largest absolute Gasteiger partial charge is 0.477 e. The molecule has 0 aliphatic carbocycles. The fraction of sp³-hybridized carbons (Fsp3) is 0.394. The van der Waals surface area contributed by atoms with E-state index in [2.05, 4.69) is 15.5 Å². The van der Waals surface area contributed by atoms with Crippen molar-refractivity contribution in [2.24, 2.45) is 11.7 Å². The number of piperazine rings is 1. The van der Waals surface area contributed by atoms with Crippen molar-refractivity contribution in [3.63, 3.8) is 0 Å². The lowest BCUT2D eigenvalue weighted by atomic mass is 10.1. The van der Waals surface area contributed by atoms with E-state index in [-0.39, 0.29) is 54.4 Å². The number of carbonyl (C=O) groups excluding carboxylic acids is 2. The number of ether oxygens (including phenoxy) is 1. The third-order valence-electron chi connectivity index (χ3n) is 8.41. The maximum Gasteiger partial charge on any atom is 0.410 e. The van der Waals surface area contributed by atoms with Crippen LogP contribution in [-0.4, -0.2) is 68.9 Å². The second-order valence-electron chi connectivity index (χ2n) is 12.0. The molecule has 0 spiro atoms. The number of aromatic carboxylic acids is 1. The highest BCUT2D eigenvalue weighted by Gasteiger charge is 2.27. The molecular formula is C33H38FN7O7. The molecule has 2 unspecified atom stereocenters. The maximum atomic E-state index is 15.2. The van der Waals surface area contributed by atoms with Crippen molar-refractivity contribution < 1.29 is 33.0 Å². The van der Waals surface area contributed by atoms with Crippen LogP contribution in [-0.2, 0) is 22.7 Å². The van der Waals surface area contributed by atoms with Gasteiger partial charge in [0.2, 0.25) is 23.1 Å². The van der Waals surface area contributed by atoms with Gasteiger partial charge in [0.25, 0.3) is 0 Å². The average molecular weight is 664 g/mol. The van der Waals surface area contributed by atoms with Gasteiger partial charge in [0.1, 0.15) is 23.9 Å². The summed E-state index contributed by atoms with van der Waals surface area (Å²) in [6.07, 6.45) is 0.752. The van der Waals surface area contributed by atoms with E-state index in [1.165, 1.54) is 11.1 Å². The van der Waals surface area contributed by atoms with Gasteiger partial charge < -0.3 is 39.7 Å². The van der Waals surface area contributed by atoms with Crippen LogP contribution in [0.3, 0.4) is 0 Å². The van der Waals surface area contributed by atoms with Crippen molar-refractivity contribution in [2.75, 3.05) is 36.4 Å². The number of carboxylic acid groups (broad SMARTS) is 1. The molecule has 0 bridgehead atoms. The first-order valence-corrected chi connectivity index (χ1v) is 15.6. The normalized spacial score (nSPS) is 14.6. The summed E-state index contributed by atoms with van der Waals surface area (Å²) in [5.41, 5.74) is 6.84. The third kappa shape index (κ3) is 7.15. The molecule has 0 saturated carbocycles. The Morgan fingerprint density at radius 2 is 1.73 bits per heavy atom. The molecule has 1 aliphatic heterocycles. The topological polar surface area (TPSA) is 186 Å². The zero-order valence-corrected chi connectivity index (χ0v) is 27.1. The molecule has 4 aromatic rings. The highest BCUT2D eigenvalue weighted by molar-refractivity contribution is 5.95. The summed E-state index contributed by atoms with van der Waals surface area (Å²) in [4.78, 5) is 53.1. The van der Waals surface area contributed by atoms with Gasteiger partial charge in [-0.1, -0.05) is 26.0 Å². The van der Waals surface area contributed by atoms with Crippen molar-refractivity contribution in [3.05, 3.63) is 81.5 Å². The van der Waals surface area contributed by atoms with Crippen LogP contribution < -0.4 is 21.4 Å². The van der Waals surface area contributed by atoms with E-state index in [1.54, 1.807) is 53.6 Å². The lowest BCUT2D eigenvalue weighted by Gasteiger charge is -2.35. The number of rotatable bonds is 10. The SMILES string of the molecule is CCn1cc(C(=O)O)c(=O)c2cc(F)c(N3CCN(C(=O)OCc4ccc(NC(=O)C(C)c5nnc(C(N)C(C)C)o5)cc4)CC3)cc21. The van der Waals surface area contributed by atoms with Crippen molar-refractivity contribution in [2.45, 2.75) is 52.8 Å². The lowest BCUT2D eigenvalue weighted by molar-refractivity contribution is -0.117. The first kappa shape index (κ1) is 34.0. The standard InChI is InChI=1S/C33H38FN7O7/c1-5-39-16-23(32(44)45)28(42)22-14-24(34)26(15-25(22)39)40-10-12-41(13-11-40)33(46)47-17-20-6-8-21(9-7-20)36-29(43)19(4)30-37-38-31(48-30)27(35)18(2)3/h6-9,14-16,18-19,27H,5,10-13,17,35H2,1-4H3,(H,36,43)(H,44,45). The number of aromatic nitrogens is 3. The summed E-state index contributed by atoms with van der Waals surface area (Å²) in [7, 11) is 0. The molecule has 5 rings (SSSR count). The van der Waals surface area contributed by atoms with E-state index in [9.17, 15) is 24.3 Å². The Morgan fingerprint density at radius 3 is 2.35 bits per heavy atom. The summed E-state index contributed by atoms with van der Waals surface area (Å²) in [5, 5.41) is 20.1. The molecule has 14 nitrogen and oxygen atoms in total. The minimum Gasteiger partial charge on any atom is -0.477 e. The Kier molecular flexibility index (Phi) is 10.1. The summed E-state index contributed by atoms with van der Waals surface area (Å²) < 4.78 is 27.9. The minimum atomic E-state index is -1.37. The average Bonchev–Trinajstić information content (AvgIpc) is 3.57. The molecule has 48 heavy (non-hydrogen) atoms. The predicted octanol–water partition coefficient (Wildman–Crippen LogP) is 4.10. The van der Waals surface area contributed by atoms with Crippen LogP contribution in [0.2, 0.25) is 0 Å². The number of hydrogen-bond acceptors (Lipinski definition) is 10. The fourth-order valence-electron chi connectivity index (χ4n) is 5.31. The van der Waals surface area contributed by atoms with Crippen LogP contribution in [0.25, 0.3) is 10.9 Å². The van der Waals surface area contributed by atoms with E-state index >= 15 is 4.39 Å². The first-order valence-electron chi connectivity index (χ1n) is 15.6. The van der Waals surface area contributed by atoms with Crippen LogP contribution >= 0.6 is 0 Å². The Hall–Kier alpha value is -5.31. The van der Waals surface area contributed by atoms with Crippen LogP contribution in [0.15, 0.2) is 51.8 Å². The molecule has 1 saturated heterocycles. The second kappa shape index (κ2) is 14.2. The predicted molar refractivity (Wildman–Crippen MR) is 174 cm³/mol.